The third-order valence-electron chi connectivity index (χ3n) is 8.12. The van der Waals surface area contributed by atoms with E-state index in [2.05, 4.69) is 9.62 Å². The van der Waals surface area contributed by atoms with E-state index in [1.54, 1.807) is 43.3 Å². The van der Waals surface area contributed by atoms with E-state index in [9.17, 15) is 23.7 Å². The van der Waals surface area contributed by atoms with Gasteiger partial charge in [0, 0.05) is 19.0 Å². The number of hydrogen-bond acceptors (Lipinski definition) is 7. The fraction of sp³-hybridized carbons (Fsp3) is 0.211. The number of ether oxygens (including phenoxy) is 1. The molecule has 0 radical (unpaired) electrons. The molecule has 0 spiro atoms. The molecule has 0 aliphatic rings. The zero-order chi connectivity index (χ0) is 33.2. The number of benzene rings is 5. The van der Waals surface area contributed by atoms with Gasteiger partial charge >= 0.3 is 0 Å². The highest BCUT2D eigenvalue weighted by Gasteiger charge is 2.27. The van der Waals surface area contributed by atoms with Gasteiger partial charge in [0.25, 0.3) is 0 Å². The molecule has 0 saturated carbocycles. The fourth-order valence-corrected chi connectivity index (χ4v) is 6.18. The van der Waals surface area contributed by atoms with Crippen LogP contribution in [0.15, 0.2) is 127 Å². The highest BCUT2D eigenvalue weighted by atomic mass is 32.2. The molecule has 5 aromatic carbocycles. The van der Waals surface area contributed by atoms with E-state index >= 15 is 0 Å². The Morgan fingerprint density at radius 2 is 1.26 bits per heavy atom. The topological polar surface area (TPSA) is 119 Å². The molecule has 0 fully saturated rings. The highest BCUT2D eigenvalue weighted by molar-refractivity contribution is 7.92. The Labute approximate surface area is 276 Å². The van der Waals surface area contributed by atoms with E-state index in [-0.39, 0.29) is 36.4 Å². The summed E-state index contributed by atoms with van der Waals surface area (Å²) in [5.41, 5.74) is 4.88. The first-order valence-electron chi connectivity index (χ1n) is 15.5. The second-order valence-corrected chi connectivity index (χ2v) is 13.4. The maximum atomic E-state index is 12.8. The average molecular weight is 653 g/mol. The van der Waals surface area contributed by atoms with Gasteiger partial charge in [0.2, 0.25) is 10.0 Å². The first kappa shape index (κ1) is 33.5. The first-order chi connectivity index (χ1) is 22.7. The molecule has 244 valence electrons. The number of phenols is 2. The van der Waals surface area contributed by atoms with Crippen molar-refractivity contribution in [2.24, 2.45) is 0 Å². The summed E-state index contributed by atoms with van der Waals surface area (Å²) in [6.45, 7) is 2.53. The molecule has 0 aliphatic heterocycles. The monoisotopic (exact) mass is 652 g/mol. The molecule has 0 aliphatic carbocycles. The smallest absolute Gasteiger partial charge is 0.232 e. The summed E-state index contributed by atoms with van der Waals surface area (Å²) >= 11 is 0. The third kappa shape index (κ3) is 9.13. The van der Waals surface area contributed by atoms with Gasteiger partial charge in [-0.25, -0.2) is 8.42 Å². The maximum absolute atomic E-state index is 12.8. The molecule has 0 aromatic heterocycles. The standard InChI is InChI=1S/C38H40N2O6S/c1-2-47(44,45)39-36-23-32(17-22-38(36)46-27-29-11-7-4-8-12-29)37(26-41)40(24-28-9-5-3-6-10-28)25-35(30-13-18-33(42)19-14-30)31-15-20-34(43)21-16-31/h3-23,35,37,39,41-43H,2,24-27H2,1H3/t37-/m0/s1. The normalized spacial score (nSPS) is 12.3. The number of aliphatic hydroxyl groups excluding tert-OH is 1. The van der Waals surface area contributed by atoms with Gasteiger partial charge in [-0.2, -0.15) is 0 Å². The SMILES string of the molecule is CCS(=O)(=O)Nc1cc([C@H](CO)N(Cc2ccccc2)CC(c2ccc(O)cc2)c2ccc(O)cc2)ccc1OCc1ccccc1. The van der Waals surface area contributed by atoms with Crippen LogP contribution in [-0.2, 0) is 23.2 Å². The minimum Gasteiger partial charge on any atom is -0.508 e. The Morgan fingerprint density at radius 3 is 1.79 bits per heavy atom. The van der Waals surface area contributed by atoms with Crippen LogP contribution in [0.5, 0.6) is 17.2 Å². The van der Waals surface area contributed by atoms with Gasteiger partial charge in [-0.1, -0.05) is 91.0 Å². The number of nitrogens with zero attached hydrogens (tertiary/aromatic N) is 1. The number of phenolic OH excluding ortho intramolecular Hbond substituents is 2. The van der Waals surface area contributed by atoms with Crippen molar-refractivity contribution in [3.05, 3.63) is 155 Å². The summed E-state index contributed by atoms with van der Waals surface area (Å²) in [6.07, 6.45) is 0. The molecule has 9 heteroatoms. The predicted octanol–water partition coefficient (Wildman–Crippen LogP) is 6.81. The van der Waals surface area contributed by atoms with Gasteiger partial charge in [0.15, 0.2) is 0 Å². The average Bonchev–Trinajstić information content (AvgIpc) is 3.09. The molecule has 47 heavy (non-hydrogen) atoms. The van der Waals surface area contributed by atoms with Crippen LogP contribution in [0.2, 0.25) is 0 Å². The van der Waals surface area contributed by atoms with Crippen molar-refractivity contribution in [3.63, 3.8) is 0 Å². The third-order valence-corrected chi connectivity index (χ3v) is 9.41. The highest BCUT2D eigenvalue weighted by Crippen LogP contribution is 2.36. The maximum Gasteiger partial charge on any atom is 0.232 e. The predicted molar refractivity (Wildman–Crippen MR) is 185 cm³/mol. The second-order valence-electron chi connectivity index (χ2n) is 11.4. The molecule has 0 unspecified atom stereocenters. The number of rotatable bonds is 15. The molecule has 0 heterocycles. The van der Waals surface area contributed by atoms with Crippen LogP contribution in [0.3, 0.4) is 0 Å². The molecule has 4 N–H and O–H groups in total. The molecule has 5 rings (SSSR count). The van der Waals surface area contributed by atoms with E-state index in [0.717, 1.165) is 22.3 Å². The van der Waals surface area contributed by atoms with Crippen LogP contribution in [0.25, 0.3) is 0 Å². The summed E-state index contributed by atoms with van der Waals surface area (Å²) in [6, 6.07) is 38.5. The summed E-state index contributed by atoms with van der Waals surface area (Å²) in [7, 11) is -3.64. The van der Waals surface area contributed by atoms with Crippen LogP contribution < -0.4 is 9.46 Å². The van der Waals surface area contributed by atoms with Crippen molar-refractivity contribution >= 4 is 15.7 Å². The van der Waals surface area contributed by atoms with Crippen LogP contribution in [-0.4, -0.2) is 47.5 Å². The number of hydrogen-bond donors (Lipinski definition) is 4. The Kier molecular flexibility index (Phi) is 11.2. The molecular weight excluding hydrogens is 612 g/mol. The summed E-state index contributed by atoms with van der Waals surface area (Å²) in [5, 5.41) is 31.0. The Balaban J connectivity index is 1.55. The summed E-state index contributed by atoms with van der Waals surface area (Å²) < 4.78 is 34.3. The van der Waals surface area contributed by atoms with Crippen LogP contribution in [0.4, 0.5) is 5.69 Å². The minimum atomic E-state index is -3.64. The van der Waals surface area contributed by atoms with Crippen LogP contribution in [0.1, 0.15) is 46.7 Å². The summed E-state index contributed by atoms with van der Waals surface area (Å²) in [5.74, 6) is 0.390. The van der Waals surface area contributed by atoms with Crippen molar-refractivity contribution in [2.75, 3.05) is 23.6 Å². The van der Waals surface area contributed by atoms with Crippen molar-refractivity contribution < 1.29 is 28.5 Å². The van der Waals surface area contributed by atoms with Crippen LogP contribution >= 0.6 is 0 Å². The van der Waals surface area contributed by atoms with E-state index in [1.165, 1.54) is 0 Å². The Bertz CT molecular complexity index is 1770. The lowest BCUT2D eigenvalue weighted by atomic mass is 9.89. The number of aliphatic hydroxyl groups is 1. The number of aromatic hydroxyl groups is 2. The van der Waals surface area contributed by atoms with Crippen molar-refractivity contribution in [3.8, 4) is 17.2 Å². The lowest BCUT2D eigenvalue weighted by Crippen LogP contribution is -2.35. The van der Waals surface area contributed by atoms with E-state index in [4.69, 9.17) is 4.74 Å². The van der Waals surface area contributed by atoms with Gasteiger partial charge in [-0.05, 0) is 71.1 Å². The molecule has 8 nitrogen and oxygen atoms in total. The van der Waals surface area contributed by atoms with E-state index in [1.807, 2.05) is 91.0 Å². The molecule has 5 aromatic rings. The second kappa shape index (κ2) is 15.6. The molecule has 0 saturated heterocycles. The zero-order valence-corrected chi connectivity index (χ0v) is 27.1. The van der Waals surface area contributed by atoms with Gasteiger partial charge in [-0.3, -0.25) is 9.62 Å². The number of anilines is 1. The number of sulfonamides is 1. The van der Waals surface area contributed by atoms with Crippen molar-refractivity contribution in [2.45, 2.75) is 32.0 Å². The molecule has 0 amide bonds. The number of nitrogens with one attached hydrogen (secondary N) is 1. The lowest BCUT2D eigenvalue weighted by molar-refractivity contribution is 0.113. The van der Waals surface area contributed by atoms with Crippen LogP contribution in [0, 0.1) is 0 Å². The summed E-state index contributed by atoms with van der Waals surface area (Å²) in [4.78, 5) is 2.16. The molecule has 0 bridgehead atoms. The van der Waals surface area contributed by atoms with Gasteiger partial charge in [0.05, 0.1) is 24.1 Å². The fourth-order valence-electron chi connectivity index (χ4n) is 5.54. The van der Waals surface area contributed by atoms with Gasteiger partial charge < -0.3 is 20.1 Å². The molecule has 1 atom stereocenters. The quantitative estimate of drug-likeness (QED) is 0.0982. The van der Waals surface area contributed by atoms with E-state index < -0.39 is 16.1 Å². The van der Waals surface area contributed by atoms with Gasteiger partial charge in [-0.15, -0.1) is 0 Å². The lowest BCUT2D eigenvalue weighted by Gasteiger charge is -2.35. The van der Waals surface area contributed by atoms with E-state index in [0.29, 0.717) is 30.1 Å². The van der Waals surface area contributed by atoms with Crippen molar-refractivity contribution in [1.82, 2.24) is 4.90 Å². The Hall–Kier alpha value is -4.83. The zero-order valence-electron chi connectivity index (χ0n) is 26.2. The largest absolute Gasteiger partial charge is 0.508 e. The minimum absolute atomic E-state index is 0.111. The first-order valence-corrected chi connectivity index (χ1v) is 17.2. The Morgan fingerprint density at radius 1 is 0.723 bits per heavy atom. The molecular formula is C38H40N2O6S. The van der Waals surface area contributed by atoms with Gasteiger partial charge in [0.1, 0.15) is 23.9 Å². The van der Waals surface area contributed by atoms with Crippen molar-refractivity contribution in [1.29, 1.82) is 0 Å².